The summed E-state index contributed by atoms with van der Waals surface area (Å²) in [6, 6.07) is 15.3. The van der Waals surface area contributed by atoms with Gasteiger partial charge in [0.15, 0.2) is 11.0 Å². The van der Waals surface area contributed by atoms with E-state index in [0.29, 0.717) is 22.4 Å². The quantitative estimate of drug-likeness (QED) is 0.519. The summed E-state index contributed by atoms with van der Waals surface area (Å²) in [6.45, 7) is 3.89. The van der Waals surface area contributed by atoms with Crippen molar-refractivity contribution in [3.8, 4) is 22.7 Å². The number of thiazole rings is 1. The third-order valence-corrected chi connectivity index (χ3v) is 5.06. The predicted molar refractivity (Wildman–Crippen MR) is 109 cm³/mol. The van der Waals surface area contributed by atoms with Crippen LogP contribution in [0.15, 0.2) is 58.4 Å². The molecular formula is C21H18N4O2S. The van der Waals surface area contributed by atoms with Crippen molar-refractivity contribution in [2.75, 3.05) is 5.32 Å². The van der Waals surface area contributed by atoms with Crippen molar-refractivity contribution in [1.82, 2.24) is 15.1 Å². The Morgan fingerprint density at radius 1 is 1.04 bits per heavy atom. The normalized spacial score (nSPS) is 10.8. The molecule has 0 aliphatic carbocycles. The topological polar surface area (TPSA) is 80.9 Å². The van der Waals surface area contributed by atoms with Crippen molar-refractivity contribution < 1.29 is 9.32 Å². The fraction of sp³-hybridized carbons (Fsp3) is 0.143. The Bertz CT molecular complexity index is 1100. The number of aromatic nitrogens is 3. The first-order valence-electron chi connectivity index (χ1n) is 8.89. The van der Waals surface area contributed by atoms with E-state index >= 15 is 0 Å². The maximum Gasteiger partial charge on any atom is 0.257 e. The van der Waals surface area contributed by atoms with E-state index in [0.717, 1.165) is 23.2 Å². The molecular weight excluding hydrogens is 372 g/mol. The van der Waals surface area contributed by atoms with Gasteiger partial charge in [0.1, 0.15) is 0 Å². The number of carbonyl (C=O) groups excluding carboxylic acids is 1. The summed E-state index contributed by atoms with van der Waals surface area (Å²) in [6.07, 6.45) is 1.00. The highest BCUT2D eigenvalue weighted by atomic mass is 32.1. The lowest BCUT2D eigenvalue weighted by Crippen LogP contribution is -2.11. The van der Waals surface area contributed by atoms with E-state index in [9.17, 15) is 4.79 Å². The van der Waals surface area contributed by atoms with E-state index in [-0.39, 0.29) is 5.91 Å². The van der Waals surface area contributed by atoms with Gasteiger partial charge in [-0.3, -0.25) is 10.1 Å². The number of nitrogens with zero attached hydrogens (tertiary/aromatic N) is 3. The van der Waals surface area contributed by atoms with Gasteiger partial charge >= 0.3 is 0 Å². The average molecular weight is 390 g/mol. The number of benzene rings is 2. The number of hydrogen-bond donors (Lipinski definition) is 1. The number of amides is 1. The number of nitrogens with one attached hydrogen (secondary N) is 1. The molecule has 4 rings (SSSR count). The highest BCUT2D eigenvalue weighted by Gasteiger charge is 2.12. The standard InChI is InChI=1S/C21H18N4O2S/c1-3-14-4-6-15(7-5-14)18-12-28-21(23-18)24-19(26)16-8-10-17(11-9-16)20-22-13(2)25-27-20/h4-12H,3H2,1-2H3,(H,23,24,26). The zero-order valence-corrected chi connectivity index (χ0v) is 16.3. The maximum absolute atomic E-state index is 12.5. The lowest BCUT2D eigenvalue weighted by molar-refractivity contribution is 0.102. The Balaban J connectivity index is 1.45. The molecule has 0 saturated heterocycles. The average Bonchev–Trinajstić information content (AvgIpc) is 3.37. The molecule has 28 heavy (non-hydrogen) atoms. The van der Waals surface area contributed by atoms with Gasteiger partial charge in [0.2, 0.25) is 0 Å². The minimum atomic E-state index is -0.213. The molecule has 2 aromatic carbocycles. The van der Waals surface area contributed by atoms with Crippen LogP contribution >= 0.6 is 11.3 Å². The van der Waals surface area contributed by atoms with Crippen molar-refractivity contribution >= 4 is 22.4 Å². The van der Waals surface area contributed by atoms with Gasteiger partial charge in [0.25, 0.3) is 11.8 Å². The van der Waals surface area contributed by atoms with E-state index in [1.54, 1.807) is 31.2 Å². The molecule has 0 atom stereocenters. The molecule has 0 spiro atoms. The van der Waals surface area contributed by atoms with Crippen LogP contribution < -0.4 is 5.32 Å². The highest BCUT2D eigenvalue weighted by molar-refractivity contribution is 7.14. The SMILES string of the molecule is CCc1ccc(-c2csc(NC(=O)c3ccc(-c4nc(C)no4)cc3)n2)cc1. The van der Waals surface area contributed by atoms with Crippen LogP contribution in [-0.4, -0.2) is 21.0 Å². The van der Waals surface area contributed by atoms with Crippen LogP contribution in [0.5, 0.6) is 0 Å². The summed E-state index contributed by atoms with van der Waals surface area (Å²) in [4.78, 5) is 21.2. The fourth-order valence-corrected chi connectivity index (χ4v) is 3.44. The molecule has 2 aromatic heterocycles. The molecule has 0 aliphatic rings. The van der Waals surface area contributed by atoms with Gasteiger partial charge in [-0.2, -0.15) is 4.98 Å². The summed E-state index contributed by atoms with van der Waals surface area (Å²) in [5, 5.41) is 9.13. The molecule has 2 heterocycles. The number of carbonyl (C=O) groups is 1. The number of anilines is 1. The van der Waals surface area contributed by atoms with Gasteiger partial charge in [-0.15, -0.1) is 11.3 Å². The van der Waals surface area contributed by atoms with Crippen LogP contribution in [0, 0.1) is 6.92 Å². The zero-order valence-electron chi connectivity index (χ0n) is 15.5. The Kier molecular flexibility index (Phi) is 4.99. The van der Waals surface area contributed by atoms with Crippen LogP contribution in [0.1, 0.15) is 28.7 Å². The Morgan fingerprint density at radius 3 is 2.39 bits per heavy atom. The predicted octanol–water partition coefficient (Wildman–Crippen LogP) is 4.98. The van der Waals surface area contributed by atoms with Gasteiger partial charge in [0, 0.05) is 22.1 Å². The second kappa shape index (κ2) is 7.74. The lowest BCUT2D eigenvalue weighted by Gasteiger charge is -2.02. The molecule has 0 radical (unpaired) electrons. The maximum atomic E-state index is 12.5. The number of hydrogen-bond acceptors (Lipinski definition) is 6. The molecule has 1 amide bonds. The molecule has 0 fully saturated rings. The summed E-state index contributed by atoms with van der Waals surface area (Å²) < 4.78 is 5.14. The Labute approximate surface area is 166 Å². The number of aryl methyl sites for hydroxylation is 2. The van der Waals surface area contributed by atoms with E-state index in [2.05, 4.69) is 51.6 Å². The van der Waals surface area contributed by atoms with Crippen molar-refractivity contribution in [3.05, 3.63) is 70.9 Å². The molecule has 4 aromatic rings. The third kappa shape index (κ3) is 3.84. The highest BCUT2D eigenvalue weighted by Crippen LogP contribution is 2.26. The first-order chi connectivity index (χ1) is 13.6. The first kappa shape index (κ1) is 18.1. The van der Waals surface area contributed by atoms with Gasteiger partial charge in [0.05, 0.1) is 5.69 Å². The van der Waals surface area contributed by atoms with Crippen LogP contribution in [0.2, 0.25) is 0 Å². The van der Waals surface area contributed by atoms with Gasteiger partial charge in [-0.05, 0) is 43.2 Å². The van der Waals surface area contributed by atoms with Crippen molar-refractivity contribution in [1.29, 1.82) is 0 Å². The largest absolute Gasteiger partial charge is 0.334 e. The lowest BCUT2D eigenvalue weighted by atomic mass is 10.1. The molecule has 1 N–H and O–H groups in total. The molecule has 0 unspecified atom stereocenters. The van der Waals surface area contributed by atoms with Crippen molar-refractivity contribution in [2.24, 2.45) is 0 Å². The zero-order chi connectivity index (χ0) is 19.5. The van der Waals surface area contributed by atoms with Crippen LogP contribution in [0.4, 0.5) is 5.13 Å². The van der Waals surface area contributed by atoms with Gasteiger partial charge in [-0.1, -0.05) is 36.3 Å². The summed E-state index contributed by atoms with van der Waals surface area (Å²) in [7, 11) is 0. The van der Waals surface area contributed by atoms with Gasteiger partial charge in [-0.25, -0.2) is 4.98 Å². The first-order valence-corrected chi connectivity index (χ1v) is 9.77. The molecule has 0 aliphatic heterocycles. The molecule has 7 heteroatoms. The van der Waals surface area contributed by atoms with Gasteiger partial charge < -0.3 is 4.52 Å². The molecule has 140 valence electrons. The second-order valence-corrected chi connectivity index (χ2v) is 7.12. The molecule has 0 saturated carbocycles. The van der Waals surface area contributed by atoms with Crippen LogP contribution in [0.25, 0.3) is 22.7 Å². The minimum Gasteiger partial charge on any atom is -0.334 e. The van der Waals surface area contributed by atoms with Crippen molar-refractivity contribution in [3.63, 3.8) is 0 Å². The number of rotatable bonds is 5. The van der Waals surface area contributed by atoms with Crippen LogP contribution in [0.3, 0.4) is 0 Å². The van der Waals surface area contributed by atoms with E-state index in [1.165, 1.54) is 16.9 Å². The third-order valence-electron chi connectivity index (χ3n) is 4.30. The van der Waals surface area contributed by atoms with Crippen LogP contribution in [-0.2, 0) is 6.42 Å². The fourth-order valence-electron chi connectivity index (χ4n) is 2.72. The second-order valence-electron chi connectivity index (χ2n) is 6.27. The van der Waals surface area contributed by atoms with E-state index < -0.39 is 0 Å². The Hall–Kier alpha value is -3.32. The van der Waals surface area contributed by atoms with E-state index in [4.69, 9.17) is 4.52 Å². The Morgan fingerprint density at radius 2 is 1.75 bits per heavy atom. The summed E-state index contributed by atoms with van der Waals surface area (Å²) >= 11 is 1.40. The minimum absolute atomic E-state index is 0.213. The summed E-state index contributed by atoms with van der Waals surface area (Å²) in [5.41, 5.74) is 4.47. The monoisotopic (exact) mass is 390 g/mol. The molecule has 6 nitrogen and oxygen atoms in total. The smallest absolute Gasteiger partial charge is 0.257 e. The molecule has 0 bridgehead atoms. The van der Waals surface area contributed by atoms with Crippen molar-refractivity contribution in [2.45, 2.75) is 20.3 Å². The summed E-state index contributed by atoms with van der Waals surface area (Å²) in [5.74, 6) is 0.791. The van der Waals surface area contributed by atoms with E-state index in [1.807, 2.05) is 5.38 Å².